The van der Waals surface area contributed by atoms with Gasteiger partial charge in [0.2, 0.25) is 11.8 Å². The minimum Gasteiger partial charge on any atom is -0.361 e. The van der Waals surface area contributed by atoms with E-state index in [2.05, 4.69) is 15.6 Å². The van der Waals surface area contributed by atoms with E-state index >= 15 is 4.39 Å². The molecule has 4 amide bonds. The van der Waals surface area contributed by atoms with E-state index in [4.69, 9.17) is 4.74 Å². The molecule has 0 unspecified atom stereocenters. The molecule has 8 nitrogen and oxygen atoms in total. The van der Waals surface area contributed by atoms with Crippen LogP contribution in [0.4, 0.5) is 28.0 Å². The molecule has 2 N–H and O–H groups in total. The van der Waals surface area contributed by atoms with Gasteiger partial charge in [-0.1, -0.05) is 13.0 Å². The van der Waals surface area contributed by atoms with Gasteiger partial charge in [0.15, 0.2) is 11.5 Å². The van der Waals surface area contributed by atoms with Crippen molar-refractivity contribution >= 4 is 23.5 Å². The topological polar surface area (TPSA) is 101 Å². The van der Waals surface area contributed by atoms with E-state index in [1.54, 1.807) is 19.1 Å². The fourth-order valence-corrected chi connectivity index (χ4v) is 5.35. The van der Waals surface area contributed by atoms with E-state index in [-0.39, 0.29) is 24.1 Å². The van der Waals surface area contributed by atoms with Crippen LogP contribution in [-0.4, -0.2) is 53.8 Å². The molecule has 0 radical (unpaired) electrons. The maximum Gasteiger partial charge on any atom is 0.416 e. The van der Waals surface area contributed by atoms with Crippen LogP contribution in [0.2, 0.25) is 0 Å². The predicted molar refractivity (Wildman–Crippen MR) is 114 cm³/mol. The molecule has 0 saturated carbocycles. The summed E-state index contributed by atoms with van der Waals surface area (Å²) in [6.45, 7) is 0.730. The highest BCUT2D eigenvalue weighted by Crippen LogP contribution is 2.50. The monoisotopic (exact) mass is 492 g/mol. The lowest BCUT2D eigenvalue weighted by Gasteiger charge is -2.56. The van der Waals surface area contributed by atoms with Crippen LogP contribution in [0.1, 0.15) is 18.9 Å². The number of morpholine rings is 1. The number of aromatic nitrogens is 1. The van der Waals surface area contributed by atoms with Crippen molar-refractivity contribution in [3.05, 3.63) is 48.0 Å². The number of halogens is 4. The second-order valence-electron chi connectivity index (χ2n) is 8.80. The summed E-state index contributed by atoms with van der Waals surface area (Å²) in [6.07, 6.45) is -5.58. The molecule has 2 saturated heterocycles. The van der Waals surface area contributed by atoms with Crippen LogP contribution in [0.3, 0.4) is 0 Å². The zero-order chi connectivity index (χ0) is 25.1. The lowest BCUT2D eigenvalue weighted by atomic mass is 9.66. The average molecular weight is 492 g/mol. The van der Waals surface area contributed by atoms with E-state index in [0.717, 1.165) is 4.90 Å². The van der Waals surface area contributed by atoms with Crippen LogP contribution in [-0.2, 0) is 20.7 Å². The molecular formula is C23H20F4N4O4. The molecule has 2 fully saturated rings. The SMILES string of the molecule is CC[C@@H]1O[C@H](C(F)(F)F)CN2c3c(F)cc(-c4cccnc4)cc3CC3(C(=O)NC(=O)NC3=O)[C@@H]12. The van der Waals surface area contributed by atoms with Gasteiger partial charge in [-0.3, -0.25) is 25.2 Å². The summed E-state index contributed by atoms with van der Waals surface area (Å²) >= 11 is 0. The van der Waals surface area contributed by atoms with Crippen LogP contribution in [0.15, 0.2) is 36.7 Å². The molecule has 3 aliphatic heterocycles. The molecule has 1 aromatic carbocycles. The molecule has 184 valence electrons. The number of pyridine rings is 1. The highest BCUT2D eigenvalue weighted by atomic mass is 19.4. The number of barbiturate groups is 1. The quantitative estimate of drug-likeness (QED) is 0.494. The van der Waals surface area contributed by atoms with Crippen molar-refractivity contribution in [2.45, 2.75) is 44.2 Å². The maximum absolute atomic E-state index is 15.6. The first-order chi connectivity index (χ1) is 16.6. The van der Waals surface area contributed by atoms with Gasteiger partial charge in [-0.2, -0.15) is 13.2 Å². The number of carbonyl (C=O) groups is 3. The normalized spacial score (nSPS) is 25.6. The Bertz CT molecular complexity index is 1200. The number of anilines is 1. The Balaban J connectivity index is 1.73. The Kier molecular flexibility index (Phi) is 5.31. The van der Waals surface area contributed by atoms with E-state index in [0.29, 0.717) is 11.1 Å². The summed E-state index contributed by atoms with van der Waals surface area (Å²) in [4.78, 5) is 43.4. The van der Waals surface area contributed by atoms with E-state index in [9.17, 15) is 27.6 Å². The third-order valence-electron chi connectivity index (χ3n) is 6.82. The molecule has 4 heterocycles. The number of carbonyl (C=O) groups excluding carboxylic acids is 3. The van der Waals surface area contributed by atoms with Gasteiger partial charge in [0.25, 0.3) is 0 Å². The van der Waals surface area contributed by atoms with Crippen molar-refractivity contribution in [1.82, 2.24) is 15.6 Å². The fraction of sp³-hybridized carbons (Fsp3) is 0.391. The predicted octanol–water partition coefficient (Wildman–Crippen LogP) is 2.71. The van der Waals surface area contributed by atoms with Gasteiger partial charge in [-0.05, 0) is 35.7 Å². The zero-order valence-corrected chi connectivity index (χ0v) is 18.4. The number of nitrogens with one attached hydrogen (secondary N) is 2. The average Bonchev–Trinajstić information content (AvgIpc) is 2.81. The highest BCUT2D eigenvalue weighted by Gasteiger charge is 2.65. The van der Waals surface area contributed by atoms with Crippen molar-refractivity contribution in [1.29, 1.82) is 0 Å². The van der Waals surface area contributed by atoms with E-state index < -0.39 is 60.0 Å². The molecule has 1 spiro atoms. The molecule has 3 atom stereocenters. The molecular weight excluding hydrogens is 472 g/mol. The number of amides is 4. The number of fused-ring (bicyclic) bond motifs is 4. The number of hydrogen-bond donors (Lipinski definition) is 2. The number of benzene rings is 1. The highest BCUT2D eigenvalue weighted by molar-refractivity contribution is 6.20. The summed E-state index contributed by atoms with van der Waals surface area (Å²) in [7, 11) is 0. The molecule has 1 aromatic heterocycles. The van der Waals surface area contributed by atoms with Gasteiger partial charge in [-0.15, -0.1) is 0 Å². The van der Waals surface area contributed by atoms with Gasteiger partial charge in [-0.25, -0.2) is 9.18 Å². The van der Waals surface area contributed by atoms with Crippen molar-refractivity contribution in [3.8, 4) is 11.1 Å². The van der Waals surface area contributed by atoms with E-state index in [1.807, 2.05) is 0 Å². The van der Waals surface area contributed by atoms with Gasteiger partial charge < -0.3 is 9.64 Å². The minimum atomic E-state index is -4.76. The largest absolute Gasteiger partial charge is 0.416 e. The number of ether oxygens (including phenoxy) is 1. The summed E-state index contributed by atoms with van der Waals surface area (Å²) in [5.41, 5.74) is -1.06. The van der Waals surface area contributed by atoms with Crippen molar-refractivity contribution in [2.75, 3.05) is 11.4 Å². The van der Waals surface area contributed by atoms with Crippen LogP contribution in [0, 0.1) is 11.2 Å². The molecule has 5 rings (SSSR count). The summed E-state index contributed by atoms with van der Waals surface area (Å²) in [5, 5.41) is 4.13. The van der Waals surface area contributed by atoms with Gasteiger partial charge >= 0.3 is 12.2 Å². The molecule has 3 aliphatic rings. The first-order valence-corrected chi connectivity index (χ1v) is 10.9. The molecule has 35 heavy (non-hydrogen) atoms. The van der Waals surface area contributed by atoms with Crippen LogP contribution in [0.5, 0.6) is 0 Å². The number of alkyl halides is 3. The van der Waals surface area contributed by atoms with Crippen molar-refractivity contribution < 1.29 is 36.7 Å². The van der Waals surface area contributed by atoms with Gasteiger partial charge in [0.1, 0.15) is 5.82 Å². The lowest BCUT2D eigenvalue weighted by Crippen LogP contribution is -2.76. The van der Waals surface area contributed by atoms with Crippen LogP contribution < -0.4 is 15.5 Å². The third kappa shape index (κ3) is 3.54. The number of rotatable bonds is 2. The Morgan fingerprint density at radius 3 is 2.49 bits per heavy atom. The minimum absolute atomic E-state index is 0.00865. The van der Waals surface area contributed by atoms with Gasteiger partial charge in [0, 0.05) is 24.4 Å². The first kappa shape index (κ1) is 23.2. The maximum atomic E-state index is 15.6. The number of hydrogen-bond acceptors (Lipinski definition) is 6. The number of urea groups is 1. The molecule has 0 bridgehead atoms. The third-order valence-corrected chi connectivity index (χ3v) is 6.82. The lowest BCUT2D eigenvalue weighted by molar-refractivity contribution is -0.245. The smallest absolute Gasteiger partial charge is 0.361 e. The molecule has 0 aliphatic carbocycles. The number of nitrogens with zero attached hydrogens (tertiary/aromatic N) is 2. The fourth-order valence-electron chi connectivity index (χ4n) is 5.35. The zero-order valence-electron chi connectivity index (χ0n) is 18.4. The summed E-state index contributed by atoms with van der Waals surface area (Å²) in [5.74, 6) is -2.73. The standard InChI is InChI=1S/C23H20F4N4O4/c1-2-15-18-22(19(32)29-21(34)30-20(22)33)8-13-6-12(11-4-3-5-28-9-11)7-14(24)17(13)31(18)10-16(35-15)23(25,26)27/h3-7,9,15-16,18H,2,8,10H2,1H3,(H2,29,30,32,33,34)/t15-,16-,18+/m0/s1. The van der Waals surface area contributed by atoms with Gasteiger partial charge in [0.05, 0.1) is 24.4 Å². The molecule has 2 aromatic rings. The summed E-state index contributed by atoms with van der Waals surface area (Å²) < 4.78 is 62.2. The Morgan fingerprint density at radius 2 is 1.89 bits per heavy atom. The Hall–Kier alpha value is -3.54. The first-order valence-electron chi connectivity index (χ1n) is 10.9. The Morgan fingerprint density at radius 1 is 1.17 bits per heavy atom. The van der Waals surface area contributed by atoms with Crippen LogP contribution in [0.25, 0.3) is 11.1 Å². The van der Waals surface area contributed by atoms with Crippen molar-refractivity contribution in [2.24, 2.45) is 5.41 Å². The van der Waals surface area contributed by atoms with Crippen molar-refractivity contribution in [3.63, 3.8) is 0 Å². The molecule has 12 heteroatoms. The second-order valence-corrected chi connectivity index (χ2v) is 8.80. The second kappa shape index (κ2) is 8.01. The number of imide groups is 2. The summed E-state index contributed by atoms with van der Waals surface area (Å²) in [6, 6.07) is 3.73. The van der Waals surface area contributed by atoms with Crippen LogP contribution >= 0.6 is 0 Å². The Labute approximate surface area is 196 Å². The van der Waals surface area contributed by atoms with E-state index in [1.165, 1.54) is 24.5 Å².